The third kappa shape index (κ3) is 11.1. The zero-order valence-electron chi connectivity index (χ0n) is 21.6. The quantitative estimate of drug-likeness (QED) is 0.182. The molecule has 1 rings (SSSR count). The van der Waals surface area contributed by atoms with E-state index in [0.717, 1.165) is 25.7 Å². The highest BCUT2D eigenvalue weighted by molar-refractivity contribution is 5.77. The number of methoxy groups -OCH3 is 1. The van der Waals surface area contributed by atoms with Gasteiger partial charge in [-0.25, -0.2) is 4.79 Å². The SMILES string of the molecule is CCCCCC(=O)Oc1ccc(C(CC(C)OC(=O)OC)[C@H](N)C(=O)O)cc1OC(=O)CCCCC. The van der Waals surface area contributed by atoms with E-state index in [4.69, 9.17) is 19.9 Å². The normalized spacial score (nSPS) is 13.2. The molecule has 0 fully saturated rings. The molecule has 0 heterocycles. The Morgan fingerprint density at radius 1 is 0.917 bits per heavy atom. The summed E-state index contributed by atoms with van der Waals surface area (Å²) in [7, 11) is 1.17. The second-order valence-electron chi connectivity index (χ2n) is 8.66. The molecule has 0 saturated heterocycles. The van der Waals surface area contributed by atoms with Crippen molar-refractivity contribution in [3.63, 3.8) is 0 Å². The van der Waals surface area contributed by atoms with Gasteiger partial charge in [-0.2, -0.15) is 0 Å². The van der Waals surface area contributed by atoms with Crippen LogP contribution in [0.1, 0.15) is 90.0 Å². The summed E-state index contributed by atoms with van der Waals surface area (Å²) in [6, 6.07) is 3.12. The number of aliphatic carboxylic acids is 1. The molecule has 10 heteroatoms. The minimum absolute atomic E-state index is 0.00182. The fourth-order valence-corrected chi connectivity index (χ4v) is 3.59. The third-order valence-corrected chi connectivity index (χ3v) is 5.58. The highest BCUT2D eigenvalue weighted by Crippen LogP contribution is 2.35. The van der Waals surface area contributed by atoms with Crippen LogP contribution in [0.3, 0.4) is 0 Å². The Labute approximate surface area is 212 Å². The standard InChI is InChI=1S/C26H39NO9/c1-5-7-9-11-22(28)35-20-14-13-18(16-21(20)36-23(29)12-10-8-6-2)19(24(27)25(30)31)15-17(3)34-26(32)33-4/h13-14,16-17,19,24H,5-12,15,27H2,1-4H3,(H,30,31)/t17?,19?,24-/m0/s1. The number of rotatable bonds is 16. The Morgan fingerprint density at radius 3 is 1.97 bits per heavy atom. The minimum Gasteiger partial charge on any atom is -0.480 e. The summed E-state index contributed by atoms with van der Waals surface area (Å²) in [5.74, 6) is -2.96. The molecule has 1 aromatic carbocycles. The number of hydrogen-bond donors (Lipinski definition) is 2. The number of ether oxygens (including phenoxy) is 4. The van der Waals surface area contributed by atoms with Crippen LogP contribution in [0.2, 0.25) is 0 Å². The molecule has 0 bridgehead atoms. The van der Waals surface area contributed by atoms with Crippen LogP contribution in [0.15, 0.2) is 18.2 Å². The van der Waals surface area contributed by atoms with E-state index in [1.807, 2.05) is 13.8 Å². The Bertz CT molecular complexity index is 871. The van der Waals surface area contributed by atoms with Crippen LogP contribution >= 0.6 is 0 Å². The summed E-state index contributed by atoms with van der Waals surface area (Å²) in [5, 5.41) is 9.55. The van der Waals surface area contributed by atoms with E-state index in [2.05, 4.69) is 4.74 Å². The van der Waals surface area contributed by atoms with Gasteiger partial charge < -0.3 is 29.8 Å². The summed E-state index contributed by atoms with van der Waals surface area (Å²) < 4.78 is 20.6. The summed E-state index contributed by atoms with van der Waals surface area (Å²) in [6.45, 7) is 5.62. The van der Waals surface area contributed by atoms with Crippen molar-refractivity contribution in [1.29, 1.82) is 0 Å². The molecule has 2 unspecified atom stereocenters. The van der Waals surface area contributed by atoms with Gasteiger partial charge >= 0.3 is 24.1 Å². The molecule has 0 aliphatic carbocycles. The predicted molar refractivity (Wildman–Crippen MR) is 132 cm³/mol. The van der Waals surface area contributed by atoms with Crippen molar-refractivity contribution >= 4 is 24.1 Å². The van der Waals surface area contributed by atoms with E-state index in [1.54, 1.807) is 13.0 Å². The maximum Gasteiger partial charge on any atom is 0.508 e. The fourth-order valence-electron chi connectivity index (χ4n) is 3.59. The Morgan fingerprint density at radius 2 is 1.47 bits per heavy atom. The number of hydrogen-bond acceptors (Lipinski definition) is 9. The molecule has 0 radical (unpaired) electrons. The van der Waals surface area contributed by atoms with E-state index < -0.39 is 42.1 Å². The lowest BCUT2D eigenvalue weighted by Gasteiger charge is -2.25. The van der Waals surface area contributed by atoms with Crippen LogP contribution in [0.5, 0.6) is 11.5 Å². The second-order valence-corrected chi connectivity index (χ2v) is 8.66. The van der Waals surface area contributed by atoms with Crippen LogP contribution in [-0.4, -0.2) is 48.4 Å². The molecule has 3 N–H and O–H groups in total. The summed E-state index contributed by atoms with van der Waals surface area (Å²) in [6.07, 6.45) is 3.79. The van der Waals surface area contributed by atoms with Crippen molar-refractivity contribution in [2.75, 3.05) is 7.11 Å². The second kappa shape index (κ2) is 16.5. The first-order valence-electron chi connectivity index (χ1n) is 12.4. The van der Waals surface area contributed by atoms with Gasteiger partial charge in [0.05, 0.1) is 7.11 Å². The average molecular weight is 510 g/mol. The number of carbonyl (C=O) groups excluding carboxylic acids is 3. The lowest BCUT2D eigenvalue weighted by atomic mass is 9.87. The maximum absolute atomic E-state index is 12.4. The number of carboxylic acid groups (broad SMARTS) is 1. The van der Waals surface area contributed by atoms with Gasteiger partial charge in [0.2, 0.25) is 0 Å². The number of benzene rings is 1. The molecule has 10 nitrogen and oxygen atoms in total. The van der Waals surface area contributed by atoms with Gasteiger partial charge in [-0.15, -0.1) is 0 Å². The number of nitrogens with two attached hydrogens (primary N) is 1. The lowest BCUT2D eigenvalue weighted by Crippen LogP contribution is -2.38. The Kier molecular flexibility index (Phi) is 14.2. The number of carbonyl (C=O) groups is 4. The van der Waals surface area contributed by atoms with Crippen molar-refractivity contribution in [3.05, 3.63) is 23.8 Å². The van der Waals surface area contributed by atoms with Crippen molar-refractivity contribution < 1.29 is 43.2 Å². The van der Waals surface area contributed by atoms with E-state index >= 15 is 0 Å². The molecule has 3 atom stereocenters. The van der Waals surface area contributed by atoms with Crippen molar-refractivity contribution in [1.82, 2.24) is 0 Å². The first-order chi connectivity index (χ1) is 17.1. The first-order valence-corrected chi connectivity index (χ1v) is 12.4. The monoisotopic (exact) mass is 509 g/mol. The van der Waals surface area contributed by atoms with Crippen LogP contribution in [0.25, 0.3) is 0 Å². The maximum atomic E-state index is 12.4. The van der Waals surface area contributed by atoms with Crippen molar-refractivity contribution in [2.45, 2.75) is 96.6 Å². The molecule has 0 saturated carbocycles. The van der Waals surface area contributed by atoms with Gasteiger partial charge in [-0.3, -0.25) is 14.4 Å². The third-order valence-electron chi connectivity index (χ3n) is 5.58. The van der Waals surface area contributed by atoms with Gasteiger partial charge in [0.15, 0.2) is 11.5 Å². The van der Waals surface area contributed by atoms with Gasteiger partial charge in [0, 0.05) is 18.8 Å². The Hall–Kier alpha value is -3.14. The predicted octanol–water partition coefficient (Wildman–Crippen LogP) is 4.72. The molecule has 1 aromatic rings. The highest BCUT2D eigenvalue weighted by Gasteiger charge is 2.30. The molecule has 202 valence electrons. The van der Waals surface area contributed by atoms with Crippen molar-refractivity contribution in [3.8, 4) is 11.5 Å². The highest BCUT2D eigenvalue weighted by atomic mass is 16.7. The molecular weight excluding hydrogens is 470 g/mol. The fraction of sp³-hybridized carbons (Fsp3) is 0.615. The van der Waals surface area contributed by atoms with Gasteiger partial charge in [0.1, 0.15) is 12.1 Å². The van der Waals surface area contributed by atoms with Gasteiger partial charge in [-0.05, 0) is 43.9 Å². The zero-order valence-corrected chi connectivity index (χ0v) is 21.6. The van der Waals surface area contributed by atoms with E-state index in [0.29, 0.717) is 18.4 Å². The summed E-state index contributed by atoms with van der Waals surface area (Å²) in [4.78, 5) is 47.9. The van der Waals surface area contributed by atoms with E-state index in [9.17, 15) is 24.3 Å². The minimum atomic E-state index is -1.34. The smallest absolute Gasteiger partial charge is 0.480 e. The average Bonchev–Trinajstić information content (AvgIpc) is 2.83. The van der Waals surface area contributed by atoms with Crippen LogP contribution in [-0.2, 0) is 23.9 Å². The van der Waals surface area contributed by atoms with Gasteiger partial charge in [0.25, 0.3) is 0 Å². The van der Waals surface area contributed by atoms with Crippen LogP contribution in [0, 0.1) is 0 Å². The Balaban J connectivity index is 3.26. The summed E-state index contributed by atoms with van der Waals surface area (Å²) >= 11 is 0. The molecule has 0 aliphatic heterocycles. The number of unbranched alkanes of at least 4 members (excludes halogenated alkanes) is 4. The number of esters is 2. The molecule has 36 heavy (non-hydrogen) atoms. The first kappa shape index (κ1) is 30.9. The lowest BCUT2D eigenvalue weighted by molar-refractivity contribution is -0.139. The molecule has 0 aromatic heterocycles. The molecule has 0 aliphatic rings. The largest absolute Gasteiger partial charge is 0.508 e. The topological polar surface area (TPSA) is 151 Å². The van der Waals surface area contributed by atoms with Crippen LogP contribution in [0.4, 0.5) is 4.79 Å². The van der Waals surface area contributed by atoms with Crippen LogP contribution < -0.4 is 15.2 Å². The number of carboxylic acids is 1. The van der Waals surface area contributed by atoms with E-state index in [1.165, 1.54) is 19.2 Å². The molecular formula is C26H39NO9. The van der Waals surface area contributed by atoms with Crippen molar-refractivity contribution in [2.24, 2.45) is 5.73 Å². The van der Waals surface area contributed by atoms with Gasteiger partial charge in [-0.1, -0.05) is 45.6 Å². The summed E-state index contributed by atoms with van der Waals surface area (Å²) in [5.41, 5.74) is 6.38. The molecule has 0 amide bonds. The molecule has 0 spiro atoms. The zero-order chi connectivity index (χ0) is 27.1. The van der Waals surface area contributed by atoms with E-state index in [-0.39, 0.29) is 30.8 Å².